The van der Waals surface area contributed by atoms with Gasteiger partial charge in [0, 0.05) is 18.9 Å². The van der Waals surface area contributed by atoms with Gasteiger partial charge in [0.25, 0.3) is 0 Å². The van der Waals surface area contributed by atoms with E-state index in [-0.39, 0.29) is 18.1 Å². The van der Waals surface area contributed by atoms with Crippen LogP contribution in [0.1, 0.15) is 86.5 Å². The molecule has 1 aliphatic heterocycles. The first-order valence-corrected chi connectivity index (χ1v) is 12.1. The molecule has 0 saturated carbocycles. The Balaban J connectivity index is 1.77. The number of ether oxygens (including phenoxy) is 1. The first kappa shape index (κ1) is 24.1. The summed E-state index contributed by atoms with van der Waals surface area (Å²) in [7, 11) is 1.42. The summed E-state index contributed by atoms with van der Waals surface area (Å²) in [6.45, 7) is 11.4. The molecule has 1 fully saturated rings. The Morgan fingerprint density at radius 1 is 0.882 bits per heavy atom. The molecular weight excluding hydrogens is 422 g/mol. The van der Waals surface area contributed by atoms with Crippen molar-refractivity contribution in [2.45, 2.75) is 72.5 Å². The van der Waals surface area contributed by atoms with Crippen LogP contribution < -0.4 is 0 Å². The van der Waals surface area contributed by atoms with Crippen molar-refractivity contribution in [1.82, 2.24) is 14.9 Å². The molecule has 0 radical (unpaired) electrons. The van der Waals surface area contributed by atoms with E-state index in [2.05, 4.69) is 57.7 Å². The summed E-state index contributed by atoms with van der Waals surface area (Å²) in [6.07, 6.45) is 7.23. The van der Waals surface area contributed by atoms with Crippen LogP contribution in [-0.4, -0.2) is 27.9 Å². The highest BCUT2D eigenvalue weighted by Crippen LogP contribution is 2.43. The number of carbonyl (C=O) groups excluding carboxylic acids is 1. The molecule has 3 heterocycles. The first-order chi connectivity index (χ1) is 16.3. The number of pyridine rings is 2. The second kappa shape index (κ2) is 10.1. The highest BCUT2D eigenvalue weighted by atomic mass is 16.5. The maximum atomic E-state index is 12.0. The van der Waals surface area contributed by atoms with Crippen molar-refractivity contribution < 1.29 is 9.53 Å². The average Bonchev–Trinajstić information content (AvgIpc) is 2.80. The number of piperidine rings is 1. The molecular formula is C29H35N3O2. The van der Waals surface area contributed by atoms with Crippen molar-refractivity contribution in [3.8, 4) is 0 Å². The number of rotatable bonds is 5. The lowest BCUT2D eigenvalue weighted by molar-refractivity contribution is 0.0600. The number of esters is 1. The molecule has 1 aromatic carbocycles. The Morgan fingerprint density at radius 2 is 1.44 bits per heavy atom. The van der Waals surface area contributed by atoms with Gasteiger partial charge in [-0.05, 0) is 99.4 Å². The molecule has 4 rings (SSSR count). The lowest BCUT2D eigenvalue weighted by atomic mass is 9.87. The minimum atomic E-state index is -0.303. The topological polar surface area (TPSA) is 55.3 Å². The second-order valence-corrected chi connectivity index (χ2v) is 9.70. The van der Waals surface area contributed by atoms with Crippen molar-refractivity contribution in [2.24, 2.45) is 0 Å². The zero-order chi connectivity index (χ0) is 24.4. The molecule has 2 unspecified atom stereocenters. The van der Waals surface area contributed by atoms with E-state index in [1.54, 1.807) is 0 Å². The standard InChI is InChI=1S/C29H35N3O2/c1-18-12-21(4)27(30-15-18)25-8-7-9-26(28-22(5)13-19(2)16-31-28)32(25)17-24-11-10-23(14-20(24)3)29(33)34-6/h10-16,25-26H,7-9,17H2,1-6H3. The number of aromatic nitrogens is 2. The Hall–Kier alpha value is -3.05. The summed E-state index contributed by atoms with van der Waals surface area (Å²) < 4.78 is 4.91. The summed E-state index contributed by atoms with van der Waals surface area (Å²) in [6, 6.07) is 10.7. The molecule has 0 N–H and O–H groups in total. The molecule has 0 spiro atoms. The number of benzene rings is 1. The lowest BCUT2D eigenvalue weighted by Crippen LogP contribution is -2.37. The molecule has 0 bridgehead atoms. The van der Waals surface area contributed by atoms with E-state index in [1.807, 2.05) is 24.5 Å². The van der Waals surface area contributed by atoms with E-state index < -0.39 is 0 Å². The summed E-state index contributed by atoms with van der Waals surface area (Å²) in [5, 5.41) is 0. The Kier molecular flexibility index (Phi) is 7.13. The molecule has 178 valence electrons. The van der Waals surface area contributed by atoms with E-state index in [1.165, 1.54) is 34.9 Å². The smallest absolute Gasteiger partial charge is 0.337 e. The molecule has 5 heteroatoms. The number of methoxy groups -OCH3 is 1. The van der Waals surface area contributed by atoms with Gasteiger partial charge in [0.2, 0.25) is 0 Å². The van der Waals surface area contributed by atoms with Crippen LogP contribution >= 0.6 is 0 Å². The molecule has 2 aromatic heterocycles. The third-order valence-electron chi connectivity index (χ3n) is 7.01. The average molecular weight is 458 g/mol. The van der Waals surface area contributed by atoms with Gasteiger partial charge in [0.15, 0.2) is 0 Å². The molecule has 5 nitrogen and oxygen atoms in total. The van der Waals surface area contributed by atoms with Gasteiger partial charge in [0.05, 0.1) is 36.1 Å². The quantitative estimate of drug-likeness (QED) is 0.422. The molecule has 0 aliphatic carbocycles. The highest BCUT2D eigenvalue weighted by Gasteiger charge is 2.35. The molecule has 3 aromatic rings. The molecule has 0 amide bonds. The van der Waals surface area contributed by atoms with Crippen LogP contribution in [-0.2, 0) is 11.3 Å². The SMILES string of the molecule is COC(=O)c1ccc(CN2C(c3ncc(C)cc3C)CCCC2c2ncc(C)cc2C)c(C)c1. The number of hydrogen-bond acceptors (Lipinski definition) is 5. The van der Waals surface area contributed by atoms with Gasteiger partial charge < -0.3 is 4.74 Å². The molecule has 34 heavy (non-hydrogen) atoms. The van der Waals surface area contributed by atoms with Gasteiger partial charge in [-0.3, -0.25) is 14.9 Å². The van der Waals surface area contributed by atoms with E-state index >= 15 is 0 Å². The van der Waals surface area contributed by atoms with Gasteiger partial charge >= 0.3 is 5.97 Å². The first-order valence-electron chi connectivity index (χ1n) is 12.1. The zero-order valence-electron chi connectivity index (χ0n) is 21.2. The second-order valence-electron chi connectivity index (χ2n) is 9.70. The van der Waals surface area contributed by atoms with Crippen LogP contribution in [0.15, 0.2) is 42.7 Å². The third kappa shape index (κ3) is 4.90. The lowest BCUT2D eigenvalue weighted by Gasteiger charge is -2.43. The predicted octanol–water partition coefficient (Wildman–Crippen LogP) is 6.27. The van der Waals surface area contributed by atoms with Crippen molar-refractivity contribution >= 4 is 5.97 Å². The fraction of sp³-hybridized carbons (Fsp3) is 0.414. The molecule has 1 aliphatic rings. The van der Waals surface area contributed by atoms with Gasteiger partial charge in [0.1, 0.15) is 0 Å². The largest absolute Gasteiger partial charge is 0.465 e. The van der Waals surface area contributed by atoms with Crippen molar-refractivity contribution in [3.05, 3.63) is 93.1 Å². The van der Waals surface area contributed by atoms with E-state index in [4.69, 9.17) is 14.7 Å². The third-order valence-corrected chi connectivity index (χ3v) is 7.01. The minimum absolute atomic E-state index is 0.210. The summed E-state index contributed by atoms with van der Waals surface area (Å²) in [4.78, 5) is 24.4. The zero-order valence-corrected chi connectivity index (χ0v) is 21.2. The van der Waals surface area contributed by atoms with Gasteiger partial charge in [-0.15, -0.1) is 0 Å². The number of nitrogens with zero attached hydrogens (tertiary/aromatic N) is 3. The number of hydrogen-bond donors (Lipinski definition) is 0. The monoisotopic (exact) mass is 457 g/mol. The molecule has 2 atom stereocenters. The fourth-order valence-electron chi connectivity index (χ4n) is 5.33. The van der Waals surface area contributed by atoms with Crippen LogP contribution in [0.3, 0.4) is 0 Å². The Morgan fingerprint density at radius 3 is 1.91 bits per heavy atom. The van der Waals surface area contributed by atoms with Gasteiger partial charge in [-0.2, -0.15) is 0 Å². The Labute approximate surface area is 203 Å². The minimum Gasteiger partial charge on any atom is -0.465 e. The van der Waals surface area contributed by atoms with E-state index in [0.717, 1.165) is 42.8 Å². The summed E-state index contributed by atoms with van der Waals surface area (Å²) >= 11 is 0. The maximum Gasteiger partial charge on any atom is 0.337 e. The van der Waals surface area contributed by atoms with Crippen molar-refractivity contribution in [3.63, 3.8) is 0 Å². The van der Waals surface area contributed by atoms with Gasteiger partial charge in [-0.25, -0.2) is 4.79 Å². The van der Waals surface area contributed by atoms with Crippen molar-refractivity contribution in [1.29, 1.82) is 0 Å². The number of carbonyl (C=O) groups is 1. The van der Waals surface area contributed by atoms with Crippen LogP contribution in [0.5, 0.6) is 0 Å². The number of likely N-dealkylation sites (tertiary alicyclic amines) is 1. The fourth-order valence-corrected chi connectivity index (χ4v) is 5.33. The van der Waals surface area contributed by atoms with Crippen LogP contribution in [0.2, 0.25) is 0 Å². The van der Waals surface area contributed by atoms with Crippen LogP contribution in [0, 0.1) is 34.6 Å². The van der Waals surface area contributed by atoms with Gasteiger partial charge in [-0.1, -0.05) is 18.2 Å². The maximum absolute atomic E-state index is 12.0. The van der Waals surface area contributed by atoms with Crippen LogP contribution in [0.4, 0.5) is 0 Å². The number of aryl methyl sites for hydroxylation is 5. The van der Waals surface area contributed by atoms with E-state index in [0.29, 0.717) is 5.56 Å². The van der Waals surface area contributed by atoms with Crippen LogP contribution in [0.25, 0.3) is 0 Å². The molecule has 1 saturated heterocycles. The normalized spacial score (nSPS) is 18.6. The van der Waals surface area contributed by atoms with Crippen molar-refractivity contribution in [2.75, 3.05) is 7.11 Å². The summed E-state index contributed by atoms with van der Waals surface area (Å²) in [5.74, 6) is -0.303. The Bertz CT molecular complexity index is 1140. The predicted molar refractivity (Wildman–Crippen MR) is 135 cm³/mol. The van der Waals surface area contributed by atoms with E-state index in [9.17, 15) is 4.79 Å². The summed E-state index contributed by atoms with van der Waals surface area (Å²) in [5.41, 5.74) is 10.0. The highest BCUT2D eigenvalue weighted by molar-refractivity contribution is 5.89.